The van der Waals surface area contributed by atoms with Gasteiger partial charge in [0.15, 0.2) is 0 Å². The summed E-state index contributed by atoms with van der Waals surface area (Å²) in [5.41, 5.74) is 16.0. The topological polar surface area (TPSA) is 23.0 Å². The lowest BCUT2D eigenvalue weighted by Crippen LogP contribution is -1.98. The zero-order chi connectivity index (χ0) is 37.5. The first-order valence-electron chi connectivity index (χ1n) is 19.5. The number of rotatable bonds is 5. The summed E-state index contributed by atoms with van der Waals surface area (Å²) >= 11 is 0. The normalized spacial score (nSPS) is 11.9. The fourth-order valence-electron chi connectivity index (χ4n) is 9.08. The molecule has 0 atom stereocenters. The van der Waals surface area contributed by atoms with Gasteiger partial charge in [0.25, 0.3) is 0 Å². The second-order valence-corrected chi connectivity index (χ2v) is 14.9. The van der Waals surface area contributed by atoms with Crippen LogP contribution in [0.5, 0.6) is 0 Å². The van der Waals surface area contributed by atoms with E-state index in [0.29, 0.717) is 0 Å². The third-order valence-electron chi connectivity index (χ3n) is 11.7. The van der Waals surface area contributed by atoms with E-state index in [1.165, 1.54) is 77.0 Å². The molecule has 0 aliphatic carbocycles. The van der Waals surface area contributed by atoms with Crippen LogP contribution >= 0.6 is 0 Å². The molecule has 57 heavy (non-hydrogen) atoms. The Morgan fingerprint density at radius 3 is 1.49 bits per heavy atom. The Labute approximate surface area is 328 Å². The molecule has 9 aromatic carbocycles. The standard InChI is InChI=1S/C54H34N2O/c1-3-13-35(14-4-1)39-23-27-41(36-15-5-2-6-16-36)52(33-39)56-49-21-11-8-18-43(49)46-32-38(25-29-51(46)56)37-24-28-50-45(31-37)42-17-7-10-20-48(42)55(50)40-26-30-54-47(34-40)44-19-9-12-22-53(44)57-54/h1-34H. The van der Waals surface area contributed by atoms with Crippen molar-refractivity contribution in [3.8, 4) is 44.8 Å². The fraction of sp³-hybridized carbons (Fsp3) is 0. The summed E-state index contributed by atoms with van der Waals surface area (Å²) in [7, 11) is 0. The minimum absolute atomic E-state index is 0.903. The van der Waals surface area contributed by atoms with E-state index in [1.807, 2.05) is 12.1 Å². The minimum Gasteiger partial charge on any atom is -0.456 e. The van der Waals surface area contributed by atoms with Crippen molar-refractivity contribution in [2.45, 2.75) is 0 Å². The molecule has 3 heterocycles. The highest BCUT2D eigenvalue weighted by atomic mass is 16.3. The molecule has 0 aliphatic rings. The van der Waals surface area contributed by atoms with Gasteiger partial charge in [-0.1, -0.05) is 140 Å². The molecule has 3 nitrogen and oxygen atoms in total. The van der Waals surface area contributed by atoms with Crippen LogP contribution in [0.15, 0.2) is 211 Å². The van der Waals surface area contributed by atoms with Gasteiger partial charge >= 0.3 is 0 Å². The molecule has 0 bridgehead atoms. The van der Waals surface area contributed by atoms with Crippen molar-refractivity contribution in [1.82, 2.24) is 9.13 Å². The molecule has 12 rings (SSSR count). The molecule has 0 amide bonds. The largest absolute Gasteiger partial charge is 0.456 e. The molecule has 0 spiro atoms. The van der Waals surface area contributed by atoms with Crippen LogP contribution in [0.1, 0.15) is 0 Å². The van der Waals surface area contributed by atoms with Crippen LogP contribution in [0, 0.1) is 0 Å². The average molecular weight is 727 g/mol. The number of hydrogen-bond donors (Lipinski definition) is 0. The van der Waals surface area contributed by atoms with E-state index in [-0.39, 0.29) is 0 Å². The van der Waals surface area contributed by atoms with Crippen LogP contribution in [-0.4, -0.2) is 9.13 Å². The van der Waals surface area contributed by atoms with Crippen molar-refractivity contribution >= 4 is 65.6 Å². The quantitative estimate of drug-likeness (QED) is 0.173. The number of aromatic nitrogens is 2. The van der Waals surface area contributed by atoms with Gasteiger partial charge in [-0.05, 0) is 94.5 Å². The molecule has 3 heteroatoms. The van der Waals surface area contributed by atoms with Crippen molar-refractivity contribution in [1.29, 1.82) is 0 Å². The molecule has 266 valence electrons. The van der Waals surface area contributed by atoms with E-state index >= 15 is 0 Å². The van der Waals surface area contributed by atoms with Crippen molar-refractivity contribution < 1.29 is 4.42 Å². The fourth-order valence-corrected chi connectivity index (χ4v) is 9.08. The first kappa shape index (κ1) is 31.7. The molecule has 0 unspecified atom stereocenters. The summed E-state index contributed by atoms with van der Waals surface area (Å²) in [5, 5.41) is 7.19. The van der Waals surface area contributed by atoms with E-state index in [0.717, 1.165) is 33.3 Å². The third-order valence-corrected chi connectivity index (χ3v) is 11.7. The molecule has 12 aromatic rings. The first-order chi connectivity index (χ1) is 28.3. The second kappa shape index (κ2) is 12.5. The summed E-state index contributed by atoms with van der Waals surface area (Å²) in [5.74, 6) is 0. The third kappa shape index (κ3) is 4.92. The summed E-state index contributed by atoms with van der Waals surface area (Å²) in [6.45, 7) is 0. The van der Waals surface area contributed by atoms with Crippen LogP contribution < -0.4 is 0 Å². The Hall–Kier alpha value is -7.62. The number of fused-ring (bicyclic) bond motifs is 9. The average Bonchev–Trinajstić information content (AvgIpc) is 3.94. The number of benzene rings is 9. The zero-order valence-electron chi connectivity index (χ0n) is 30.9. The number of para-hydroxylation sites is 3. The maximum Gasteiger partial charge on any atom is 0.135 e. The van der Waals surface area contributed by atoms with Gasteiger partial charge in [0.1, 0.15) is 11.2 Å². The van der Waals surface area contributed by atoms with Gasteiger partial charge in [-0.25, -0.2) is 0 Å². The molecule has 0 saturated carbocycles. The lowest BCUT2D eigenvalue weighted by atomic mass is 9.98. The van der Waals surface area contributed by atoms with Gasteiger partial charge in [0.05, 0.1) is 27.8 Å². The van der Waals surface area contributed by atoms with Crippen LogP contribution in [0.3, 0.4) is 0 Å². The van der Waals surface area contributed by atoms with Gasteiger partial charge in [-0.2, -0.15) is 0 Å². The Morgan fingerprint density at radius 2 is 0.789 bits per heavy atom. The van der Waals surface area contributed by atoms with Gasteiger partial charge in [-0.3, -0.25) is 0 Å². The molecular weight excluding hydrogens is 693 g/mol. The molecule has 0 radical (unpaired) electrons. The molecular formula is C54H34N2O. The van der Waals surface area contributed by atoms with Crippen molar-refractivity contribution in [2.24, 2.45) is 0 Å². The van der Waals surface area contributed by atoms with E-state index < -0.39 is 0 Å². The number of nitrogens with zero attached hydrogens (tertiary/aromatic N) is 2. The Bertz CT molecular complexity index is 3510. The summed E-state index contributed by atoms with van der Waals surface area (Å²) in [4.78, 5) is 0. The Balaban J connectivity index is 1.04. The van der Waals surface area contributed by atoms with E-state index in [2.05, 4.69) is 203 Å². The predicted molar refractivity (Wildman–Crippen MR) is 239 cm³/mol. The van der Waals surface area contributed by atoms with Gasteiger partial charge in [-0.15, -0.1) is 0 Å². The lowest BCUT2D eigenvalue weighted by molar-refractivity contribution is 0.669. The molecule has 0 fully saturated rings. The maximum absolute atomic E-state index is 6.19. The highest BCUT2D eigenvalue weighted by molar-refractivity contribution is 6.13. The van der Waals surface area contributed by atoms with Crippen LogP contribution in [-0.2, 0) is 0 Å². The summed E-state index contributed by atoms with van der Waals surface area (Å²) in [6.07, 6.45) is 0. The number of furan rings is 1. The van der Waals surface area contributed by atoms with Crippen LogP contribution in [0.25, 0.3) is 110 Å². The van der Waals surface area contributed by atoms with E-state index in [9.17, 15) is 0 Å². The van der Waals surface area contributed by atoms with E-state index in [4.69, 9.17) is 4.42 Å². The van der Waals surface area contributed by atoms with Crippen molar-refractivity contribution in [3.63, 3.8) is 0 Å². The molecule has 3 aromatic heterocycles. The lowest BCUT2D eigenvalue weighted by Gasteiger charge is -2.16. The predicted octanol–water partition coefficient (Wildman–Crippen LogP) is 14.8. The zero-order valence-corrected chi connectivity index (χ0v) is 30.9. The Kier molecular flexibility index (Phi) is 6.93. The van der Waals surface area contributed by atoms with Crippen molar-refractivity contribution in [3.05, 3.63) is 206 Å². The highest BCUT2D eigenvalue weighted by Crippen LogP contribution is 2.41. The summed E-state index contributed by atoms with van der Waals surface area (Å²) < 4.78 is 11.0. The maximum atomic E-state index is 6.19. The van der Waals surface area contributed by atoms with E-state index in [1.54, 1.807) is 0 Å². The summed E-state index contributed by atoms with van der Waals surface area (Å²) in [6, 6.07) is 74.6. The highest BCUT2D eigenvalue weighted by Gasteiger charge is 2.19. The van der Waals surface area contributed by atoms with Crippen LogP contribution in [0.2, 0.25) is 0 Å². The Morgan fingerprint density at radius 1 is 0.281 bits per heavy atom. The van der Waals surface area contributed by atoms with Gasteiger partial charge in [0.2, 0.25) is 0 Å². The van der Waals surface area contributed by atoms with Crippen LogP contribution in [0.4, 0.5) is 0 Å². The smallest absolute Gasteiger partial charge is 0.135 e. The van der Waals surface area contributed by atoms with Crippen molar-refractivity contribution in [2.75, 3.05) is 0 Å². The molecule has 0 saturated heterocycles. The SMILES string of the molecule is c1ccc(-c2ccc(-c3ccccc3)c(-n3c4ccccc4c4cc(-c5ccc6c(c5)c5ccccc5n6-c5ccc6oc7ccccc7c6c5)ccc43)c2)cc1. The number of hydrogen-bond acceptors (Lipinski definition) is 1. The monoisotopic (exact) mass is 726 g/mol. The molecule has 0 N–H and O–H groups in total. The first-order valence-corrected chi connectivity index (χ1v) is 19.5. The molecule has 0 aliphatic heterocycles. The van der Waals surface area contributed by atoms with Gasteiger partial charge < -0.3 is 13.6 Å². The van der Waals surface area contributed by atoms with Gasteiger partial charge in [0, 0.05) is 43.6 Å². The minimum atomic E-state index is 0.903. The second-order valence-electron chi connectivity index (χ2n) is 14.9.